The lowest BCUT2D eigenvalue weighted by molar-refractivity contribution is -0.115. The molecule has 0 N–H and O–H groups in total. The molecule has 4 aromatic rings. The van der Waals surface area contributed by atoms with Crippen LogP contribution in [0.15, 0.2) is 148 Å². The van der Waals surface area contributed by atoms with Crippen molar-refractivity contribution in [2.24, 2.45) is 10.2 Å². The predicted molar refractivity (Wildman–Crippen MR) is 243 cm³/mol. The lowest BCUT2D eigenvalue weighted by atomic mass is 9.83. The highest BCUT2D eigenvalue weighted by Gasteiger charge is 2.39. The van der Waals surface area contributed by atoms with Gasteiger partial charge in [-0.1, -0.05) is 88.0 Å². The molecule has 0 spiro atoms. The van der Waals surface area contributed by atoms with E-state index in [2.05, 4.69) is 97.1 Å². The summed E-state index contributed by atoms with van der Waals surface area (Å²) in [5.74, 6) is 1.10. The van der Waals surface area contributed by atoms with Gasteiger partial charge < -0.3 is 19.6 Å². The van der Waals surface area contributed by atoms with Gasteiger partial charge in [-0.05, 0) is 92.6 Å². The fourth-order valence-corrected chi connectivity index (χ4v) is 7.41. The van der Waals surface area contributed by atoms with Crippen LogP contribution in [0.3, 0.4) is 0 Å². The molecule has 3 aliphatic heterocycles. The van der Waals surface area contributed by atoms with Crippen LogP contribution in [-0.2, 0) is 15.0 Å². The zero-order chi connectivity index (χ0) is 40.9. The van der Waals surface area contributed by atoms with Crippen LogP contribution in [-0.4, -0.2) is 81.1 Å². The SMILES string of the molecule is C.CCN(CC)c1ccc(/C=C2\C(=O)N(c3ccccc3)N=C2N(C)C)cc1.CCN1/C(=C\C=C2\C(=O)N(c3ccccc3)N=C2N(C)C)C(C)(C)c2ccccc21. The maximum atomic E-state index is 13.2. The number of hydrogen-bond acceptors (Lipinski definition) is 8. The van der Waals surface area contributed by atoms with E-state index in [1.165, 1.54) is 32.7 Å². The van der Waals surface area contributed by atoms with Crippen molar-refractivity contribution in [2.45, 2.75) is 47.5 Å². The number of allylic oxidation sites excluding steroid dienone is 3. The third-order valence-electron chi connectivity index (χ3n) is 10.4. The van der Waals surface area contributed by atoms with Gasteiger partial charge in [-0.25, -0.2) is 0 Å². The van der Waals surface area contributed by atoms with Crippen molar-refractivity contribution in [1.29, 1.82) is 0 Å². The summed E-state index contributed by atoms with van der Waals surface area (Å²) in [5.41, 5.74) is 8.48. The Morgan fingerprint density at radius 3 is 1.60 bits per heavy atom. The van der Waals surface area contributed by atoms with Gasteiger partial charge in [-0.15, -0.1) is 10.2 Å². The largest absolute Gasteiger partial charge is 0.372 e. The second-order valence-corrected chi connectivity index (χ2v) is 14.9. The molecule has 3 heterocycles. The fraction of sp³-hybridized carbons (Fsp3) is 0.292. The minimum atomic E-state index is -0.139. The summed E-state index contributed by atoms with van der Waals surface area (Å²) in [6.45, 7) is 13.7. The van der Waals surface area contributed by atoms with Gasteiger partial charge in [0.05, 0.1) is 22.5 Å². The summed E-state index contributed by atoms with van der Waals surface area (Å²) >= 11 is 0. The molecule has 7 rings (SSSR count). The highest BCUT2D eigenvalue weighted by molar-refractivity contribution is 6.32. The topological polar surface area (TPSA) is 78.3 Å². The highest BCUT2D eigenvalue weighted by Crippen LogP contribution is 2.47. The monoisotopic (exact) mass is 778 g/mol. The molecule has 58 heavy (non-hydrogen) atoms. The highest BCUT2D eigenvalue weighted by atomic mass is 16.2. The van der Waals surface area contributed by atoms with Gasteiger partial charge in [-0.3, -0.25) is 9.59 Å². The first kappa shape index (κ1) is 42.7. The molecule has 0 radical (unpaired) electrons. The molecule has 0 fully saturated rings. The number of para-hydroxylation sites is 3. The first-order chi connectivity index (χ1) is 27.4. The van der Waals surface area contributed by atoms with Crippen LogP contribution in [0.2, 0.25) is 0 Å². The number of hydrogen-bond donors (Lipinski definition) is 0. The van der Waals surface area contributed by atoms with E-state index in [0.717, 1.165) is 36.6 Å². The average molecular weight is 779 g/mol. The summed E-state index contributed by atoms with van der Waals surface area (Å²) in [4.78, 5) is 34.6. The standard InChI is InChI=1S/C25H28N4O.C22H26N4O.CH4/c1-6-28-21-15-11-10-14-20(21)25(2,3)22(28)17-16-19-23(27(4)5)26-29(24(19)30)18-12-8-7-9-13-18;1-5-25(6-2)18-14-12-17(13-15-18)16-20-21(24(3)4)23-26(22(20)27)19-10-8-7-9-11-19;/h7-17H,6H2,1-5H3;7-16H,5-6H2,1-4H3;1H4/b19-16+,22-17-;20-16-;. The molecular formula is C48H58N8O2. The van der Waals surface area contributed by atoms with Gasteiger partial charge in [0.25, 0.3) is 11.8 Å². The van der Waals surface area contributed by atoms with Crippen LogP contribution in [0.25, 0.3) is 6.08 Å². The Morgan fingerprint density at radius 1 is 0.621 bits per heavy atom. The third-order valence-corrected chi connectivity index (χ3v) is 10.4. The normalized spacial score (nSPS) is 17.5. The van der Waals surface area contributed by atoms with Gasteiger partial charge in [0, 0.05) is 70.3 Å². The van der Waals surface area contributed by atoms with Crippen LogP contribution < -0.4 is 19.8 Å². The van der Waals surface area contributed by atoms with Crippen LogP contribution in [0, 0.1) is 0 Å². The molecule has 0 saturated heterocycles. The van der Waals surface area contributed by atoms with E-state index in [9.17, 15) is 9.59 Å². The summed E-state index contributed by atoms with van der Waals surface area (Å²) < 4.78 is 0. The second-order valence-electron chi connectivity index (χ2n) is 14.9. The molecule has 3 aliphatic rings. The van der Waals surface area contributed by atoms with Crippen molar-refractivity contribution in [3.05, 3.63) is 149 Å². The van der Waals surface area contributed by atoms with Crippen molar-refractivity contribution >= 4 is 52.3 Å². The molecule has 0 unspecified atom stereocenters. The molecule has 2 amide bonds. The van der Waals surface area contributed by atoms with Gasteiger partial charge >= 0.3 is 0 Å². The minimum Gasteiger partial charge on any atom is -0.372 e. The van der Waals surface area contributed by atoms with Crippen LogP contribution in [0.4, 0.5) is 22.7 Å². The number of amides is 2. The van der Waals surface area contributed by atoms with Gasteiger partial charge in [0.15, 0.2) is 11.7 Å². The molecule has 0 saturated carbocycles. The third kappa shape index (κ3) is 8.46. The van der Waals surface area contributed by atoms with Crippen LogP contribution >= 0.6 is 0 Å². The van der Waals surface area contributed by atoms with Crippen molar-refractivity contribution < 1.29 is 9.59 Å². The summed E-state index contributed by atoms with van der Waals surface area (Å²) in [5, 5.41) is 12.1. The Balaban J connectivity index is 0.000000218. The number of carbonyl (C=O) groups is 2. The van der Waals surface area contributed by atoms with Gasteiger partial charge in [-0.2, -0.15) is 10.0 Å². The quantitative estimate of drug-likeness (QED) is 0.166. The van der Waals surface area contributed by atoms with Crippen molar-refractivity contribution in [3.63, 3.8) is 0 Å². The Labute approximate surface area is 345 Å². The summed E-state index contributed by atoms with van der Waals surface area (Å²) in [6, 6.07) is 35.9. The lowest BCUT2D eigenvalue weighted by Gasteiger charge is -2.26. The maximum absolute atomic E-state index is 13.2. The number of benzene rings is 4. The number of anilines is 4. The van der Waals surface area contributed by atoms with Crippen LogP contribution in [0.1, 0.15) is 53.2 Å². The Kier molecular flexibility index (Phi) is 13.4. The van der Waals surface area contributed by atoms with Crippen molar-refractivity contribution in [1.82, 2.24) is 9.80 Å². The summed E-state index contributed by atoms with van der Waals surface area (Å²) in [7, 11) is 7.63. The Bertz CT molecular complexity index is 2230. The number of rotatable bonds is 8. The first-order valence-corrected chi connectivity index (χ1v) is 19.6. The number of fused-ring (bicyclic) bond motifs is 1. The zero-order valence-electron chi connectivity index (χ0n) is 34.6. The molecule has 302 valence electrons. The molecule has 4 aromatic carbocycles. The summed E-state index contributed by atoms with van der Waals surface area (Å²) in [6.07, 6.45) is 5.93. The molecule has 0 aromatic heterocycles. The number of hydrazone groups is 2. The van der Waals surface area contributed by atoms with Crippen molar-refractivity contribution in [3.8, 4) is 0 Å². The van der Waals surface area contributed by atoms with E-state index in [1.807, 2.05) is 123 Å². The van der Waals surface area contributed by atoms with E-state index in [0.29, 0.717) is 22.8 Å². The molecule has 0 atom stereocenters. The number of amidine groups is 2. The van der Waals surface area contributed by atoms with E-state index in [1.54, 1.807) is 0 Å². The Hall–Kier alpha value is -6.42. The number of nitrogens with zero attached hydrogens (tertiary/aromatic N) is 8. The lowest BCUT2D eigenvalue weighted by Crippen LogP contribution is -2.27. The molecular weight excluding hydrogens is 721 g/mol. The smallest absolute Gasteiger partial charge is 0.282 e. The van der Waals surface area contributed by atoms with E-state index in [4.69, 9.17) is 0 Å². The number of likely N-dealkylation sites (N-methyl/N-ethyl adjacent to an activating group) is 3. The van der Waals surface area contributed by atoms with Gasteiger partial charge in [0.1, 0.15) is 0 Å². The number of carbonyl (C=O) groups excluding carboxylic acids is 2. The maximum Gasteiger partial charge on any atom is 0.282 e. The minimum absolute atomic E-state index is 0. The molecule has 10 nitrogen and oxygen atoms in total. The first-order valence-electron chi connectivity index (χ1n) is 19.6. The zero-order valence-corrected chi connectivity index (χ0v) is 34.6. The van der Waals surface area contributed by atoms with E-state index >= 15 is 0 Å². The second kappa shape index (κ2) is 18.2. The molecule has 10 heteroatoms. The average Bonchev–Trinajstić information content (AvgIpc) is 3.81. The Morgan fingerprint density at radius 2 is 1.10 bits per heavy atom. The molecule has 0 bridgehead atoms. The van der Waals surface area contributed by atoms with Crippen molar-refractivity contribution in [2.75, 3.05) is 67.6 Å². The van der Waals surface area contributed by atoms with E-state index in [-0.39, 0.29) is 24.7 Å². The predicted octanol–water partition coefficient (Wildman–Crippen LogP) is 9.01. The fourth-order valence-electron chi connectivity index (χ4n) is 7.41. The molecule has 0 aliphatic carbocycles. The van der Waals surface area contributed by atoms with Gasteiger partial charge in [0.2, 0.25) is 0 Å². The van der Waals surface area contributed by atoms with E-state index < -0.39 is 0 Å². The van der Waals surface area contributed by atoms with Crippen LogP contribution in [0.5, 0.6) is 0 Å².